The molecule has 0 spiro atoms. The zero-order valence-electron chi connectivity index (χ0n) is 18.9. The maximum Gasteiger partial charge on any atom is 0.131 e. The molecule has 0 amide bonds. The number of aliphatic hydroxyl groups excluding tert-OH is 1. The van der Waals surface area contributed by atoms with E-state index >= 15 is 4.39 Å². The average molecular weight is 432 g/mol. The van der Waals surface area contributed by atoms with Gasteiger partial charge in [-0.3, -0.25) is 4.90 Å². The number of hydrogen-bond donors (Lipinski definition) is 1. The second-order valence-electron chi connectivity index (χ2n) is 8.53. The highest BCUT2D eigenvalue weighted by atomic mass is 19.1. The van der Waals surface area contributed by atoms with Crippen LogP contribution in [-0.2, 0) is 6.54 Å². The van der Waals surface area contributed by atoms with Gasteiger partial charge in [0.2, 0.25) is 0 Å². The van der Waals surface area contributed by atoms with Crippen LogP contribution in [0.1, 0.15) is 34.2 Å². The first-order valence-corrected chi connectivity index (χ1v) is 11.1. The Morgan fingerprint density at radius 2 is 1.88 bits per heavy atom. The molecule has 4 rings (SSSR count). The van der Waals surface area contributed by atoms with Crippen molar-refractivity contribution >= 4 is 11.9 Å². The number of β-amino-alcohol motifs (C(OH)–C–C–N with tert-alkyl or cyclic N) is 1. The minimum Gasteiger partial charge on any atom is -0.496 e. The normalized spacial score (nSPS) is 17.0. The van der Waals surface area contributed by atoms with Crippen LogP contribution in [0.4, 0.5) is 4.39 Å². The molecule has 0 radical (unpaired) electrons. The Balaban J connectivity index is 1.62. The molecule has 3 nitrogen and oxygen atoms in total. The van der Waals surface area contributed by atoms with E-state index < -0.39 is 0 Å². The highest BCUT2D eigenvalue weighted by Crippen LogP contribution is 2.32. The van der Waals surface area contributed by atoms with Crippen LogP contribution in [0.25, 0.3) is 23.0 Å². The van der Waals surface area contributed by atoms with Crippen LogP contribution in [-0.4, -0.2) is 36.3 Å². The van der Waals surface area contributed by atoms with Crippen LogP contribution in [0, 0.1) is 13.8 Å². The van der Waals surface area contributed by atoms with Gasteiger partial charge in [0, 0.05) is 30.8 Å². The summed E-state index contributed by atoms with van der Waals surface area (Å²) in [5.41, 5.74) is 6.88. The molecule has 0 bridgehead atoms. The number of ether oxygens (including phenoxy) is 1. The summed E-state index contributed by atoms with van der Waals surface area (Å²) in [5, 5.41) is 9.76. The van der Waals surface area contributed by atoms with Crippen molar-refractivity contribution in [2.75, 3.05) is 20.2 Å². The van der Waals surface area contributed by atoms with Crippen LogP contribution in [0.3, 0.4) is 0 Å². The second-order valence-corrected chi connectivity index (χ2v) is 8.53. The molecule has 4 heteroatoms. The molecule has 1 aliphatic heterocycles. The summed E-state index contributed by atoms with van der Waals surface area (Å²) in [6.45, 7) is 6.33. The average Bonchev–Trinajstić information content (AvgIpc) is 3.20. The van der Waals surface area contributed by atoms with Gasteiger partial charge in [-0.15, -0.1) is 0 Å². The fourth-order valence-corrected chi connectivity index (χ4v) is 4.42. The number of halogens is 1. The second kappa shape index (κ2) is 9.68. The third-order valence-electron chi connectivity index (χ3n) is 6.30. The smallest absolute Gasteiger partial charge is 0.131 e. The van der Waals surface area contributed by atoms with Crippen LogP contribution < -0.4 is 4.74 Å². The number of hydrogen-bond acceptors (Lipinski definition) is 3. The third-order valence-corrected chi connectivity index (χ3v) is 6.30. The first-order valence-electron chi connectivity index (χ1n) is 11.1. The summed E-state index contributed by atoms with van der Waals surface area (Å²) in [4.78, 5) is 2.19. The minimum absolute atomic E-state index is 0.265. The largest absolute Gasteiger partial charge is 0.496 e. The van der Waals surface area contributed by atoms with Crippen molar-refractivity contribution in [3.8, 4) is 16.9 Å². The van der Waals surface area contributed by atoms with Gasteiger partial charge in [-0.25, -0.2) is 4.39 Å². The van der Waals surface area contributed by atoms with Gasteiger partial charge in [-0.2, -0.15) is 0 Å². The topological polar surface area (TPSA) is 32.7 Å². The van der Waals surface area contributed by atoms with E-state index in [9.17, 15) is 5.11 Å². The van der Waals surface area contributed by atoms with Gasteiger partial charge < -0.3 is 9.84 Å². The van der Waals surface area contributed by atoms with Gasteiger partial charge in [-0.1, -0.05) is 54.6 Å². The summed E-state index contributed by atoms with van der Waals surface area (Å²) in [5.74, 6) is 0.370. The molecule has 1 aliphatic rings. The minimum atomic E-state index is -0.295. The van der Waals surface area contributed by atoms with E-state index in [1.54, 1.807) is 25.3 Å². The molecule has 166 valence electrons. The SMILES string of the molecule is COc1cc(/C(F)=C/c2cccc(-c3ccccc3C)c2C)ccc1CN1CC[C@@H](O)C1. The van der Waals surface area contributed by atoms with Crippen molar-refractivity contribution < 1.29 is 14.2 Å². The number of methoxy groups -OCH3 is 1. The molecular weight excluding hydrogens is 401 g/mol. The zero-order chi connectivity index (χ0) is 22.7. The predicted molar refractivity (Wildman–Crippen MR) is 129 cm³/mol. The lowest BCUT2D eigenvalue weighted by atomic mass is 9.93. The van der Waals surface area contributed by atoms with E-state index in [0.29, 0.717) is 24.4 Å². The lowest BCUT2D eigenvalue weighted by molar-refractivity contribution is 0.174. The highest BCUT2D eigenvalue weighted by molar-refractivity contribution is 5.82. The Hall–Kier alpha value is -2.95. The van der Waals surface area contributed by atoms with Gasteiger partial charge in [-0.05, 0) is 60.2 Å². The van der Waals surface area contributed by atoms with Crippen molar-refractivity contribution in [3.05, 3.63) is 88.5 Å². The van der Waals surface area contributed by atoms with E-state index in [-0.39, 0.29) is 11.9 Å². The summed E-state index contributed by atoms with van der Waals surface area (Å²) < 4.78 is 20.8. The van der Waals surface area contributed by atoms with Gasteiger partial charge in [0.1, 0.15) is 11.6 Å². The van der Waals surface area contributed by atoms with Crippen LogP contribution in [0.5, 0.6) is 5.75 Å². The Labute approximate surface area is 189 Å². The Kier molecular flexibility index (Phi) is 6.73. The number of likely N-dealkylation sites (tertiary alicyclic amines) is 1. The number of benzene rings is 3. The van der Waals surface area contributed by atoms with Gasteiger partial charge in [0.05, 0.1) is 13.2 Å². The van der Waals surface area contributed by atoms with E-state index in [4.69, 9.17) is 4.74 Å². The number of aliphatic hydroxyl groups is 1. The molecule has 32 heavy (non-hydrogen) atoms. The number of nitrogens with zero attached hydrogens (tertiary/aromatic N) is 1. The summed E-state index contributed by atoms with van der Waals surface area (Å²) in [6, 6.07) is 19.7. The summed E-state index contributed by atoms with van der Waals surface area (Å²) in [6.07, 6.45) is 2.13. The molecule has 0 aliphatic carbocycles. The Bertz CT molecular complexity index is 1140. The van der Waals surface area contributed by atoms with Crippen LogP contribution >= 0.6 is 0 Å². The molecule has 0 saturated carbocycles. The molecule has 0 aromatic heterocycles. The van der Waals surface area contributed by atoms with Crippen molar-refractivity contribution in [2.45, 2.75) is 32.9 Å². The maximum atomic E-state index is 15.3. The Morgan fingerprint density at radius 1 is 1.09 bits per heavy atom. The molecular formula is C28H30FNO2. The predicted octanol–water partition coefficient (Wildman–Crippen LogP) is 6.01. The highest BCUT2D eigenvalue weighted by Gasteiger charge is 2.21. The van der Waals surface area contributed by atoms with E-state index in [1.165, 1.54) is 11.1 Å². The van der Waals surface area contributed by atoms with Crippen molar-refractivity contribution in [1.29, 1.82) is 0 Å². The molecule has 1 fully saturated rings. The number of rotatable bonds is 6. The van der Waals surface area contributed by atoms with Crippen LogP contribution in [0.15, 0.2) is 60.7 Å². The molecule has 1 heterocycles. The van der Waals surface area contributed by atoms with Crippen molar-refractivity contribution in [1.82, 2.24) is 4.90 Å². The molecule has 0 unspecified atom stereocenters. The van der Waals surface area contributed by atoms with E-state index in [1.807, 2.05) is 37.3 Å². The molecule has 1 atom stereocenters. The number of aryl methyl sites for hydroxylation is 1. The fraction of sp³-hybridized carbons (Fsp3) is 0.286. The molecule has 1 saturated heterocycles. The van der Waals surface area contributed by atoms with Gasteiger partial charge in [0.25, 0.3) is 0 Å². The Morgan fingerprint density at radius 3 is 2.59 bits per heavy atom. The van der Waals surface area contributed by atoms with Crippen molar-refractivity contribution in [3.63, 3.8) is 0 Å². The quantitative estimate of drug-likeness (QED) is 0.485. The lowest BCUT2D eigenvalue weighted by Gasteiger charge is -2.17. The summed E-state index contributed by atoms with van der Waals surface area (Å²) in [7, 11) is 1.61. The van der Waals surface area contributed by atoms with Crippen LogP contribution in [0.2, 0.25) is 0 Å². The fourth-order valence-electron chi connectivity index (χ4n) is 4.42. The monoisotopic (exact) mass is 431 g/mol. The molecule has 3 aromatic rings. The van der Waals surface area contributed by atoms with Crippen molar-refractivity contribution in [2.24, 2.45) is 0 Å². The lowest BCUT2D eigenvalue weighted by Crippen LogP contribution is -2.21. The first kappa shape index (κ1) is 22.3. The van der Waals surface area contributed by atoms with E-state index in [2.05, 4.69) is 30.0 Å². The zero-order valence-corrected chi connectivity index (χ0v) is 18.9. The molecule has 1 N–H and O–H groups in total. The van der Waals surface area contributed by atoms with Gasteiger partial charge >= 0.3 is 0 Å². The van der Waals surface area contributed by atoms with E-state index in [0.717, 1.165) is 35.2 Å². The summed E-state index contributed by atoms with van der Waals surface area (Å²) >= 11 is 0. The maximum absolute atomic E-state index is 15.3. The van der Waals surface area contributed by atoms with Gasteiger partial charge in [0.15, 0.2) is 0 Å². The third kappa shape index (κ3) is 4.77. The standard InChI is InChI=1S/C28H30FNO2/c1-19-7-4-5-9-25(19)26-10-6-8-21(20(26)2)15-27(29)22-11-12-23(28(16-22)32-3)17-30-14-13-24(31)18-30/h4-12,15-16,24,31H,13-14,17-18H2,1-3H3/b27-15-/t24-/m1/s1. The molecule has 3 aromatic carbocycles. The first-order chi connectivity index (χ1) is 15.5.